The van der Waals surface area contributed by atoms with E-state index < -0.39 is 0 Å². The molecule has 0 atom stereocenters. The van der Waals surface area contributed by atoms with Crippen molar-refractivity contribution >= 4 is 5.69 Å². The second kappa shape index (κ2) is 6.33. The van der Waals surface area contributed by atoms with E-state index in [1.54, 1.807) is 0 Å². The minimum absolute atomic E-state index is 0.732. The first kappa shape index (κ1) is 15.7. The van der Waals surface area contributed by atoms with E-state index in [2.05, 4.69) is 54.6 Å². The van der Waals surface area contributed by atoms with E-state index in [9.17, 15) is 0 Å². The van der Waals surface area contributed by atoms with Crippen LogP contribution in [0.2, 0.25) is 0 Å². The first-order chi connectivity index (χ1) is 13.3. The summed E-state index contributed by atoms with van der Waals surface area (Å²) in [6, 6.07) is 31.0. The Bertz CT molecular complexity index is 1130. The monoisotopic (exact) mass is 349 g/mol. The standard InChI is InChI=1S/C25H19NO/c26-19-11-13-20(14-12-19)27-21-7-3-6-17(15-21)23-9-4-10-24-22-8-2-1-5-18(22)16-25(23)24/h1-15H,16,26H2. The maximum atomic E-state index is 6.02. The Balaban J connectivity index is 1.52. The number of fused-ring (bicyclic) bond motifs is 3. The van der Waals surface area contributed by atoms with Crippen molar-refractivity contribution in [2.45, 2.75) is 6.42 Å². The third-order valence-electron chi connectivity index (χ3n) is 5.11. The Labute approximate surface area is 158 Å². The highest BCUT2D eigenvalue weighted by Crippen LogP contribution is 2.42. The molecule has 0 unspecified atom stereocenters. The number of nitrogens with two attached hydrogens (primary N) is 1. The summed E-state index contributed by atoms with van der Waals surface area (Å²) in [6.45, 7) is 0. The summed E-state index contributed by atoms with van der Waals surface area (Å²) in [6.07, 6.45) is 0.977. The molecule has 0 radical (unpaired) electrons. The van der Waals surface area contributed by atoms with E-state index in [4.69, 9.17) is 10.5 Å². The van der Waals surface area contributed by atoms with E-state index in [1.165, 1.54) is 33.4 Å². The maximum absolute atomic E-state index is 6.02. The van der Waals surface area contributed by atoms with Crippen molar-refractivity contribution in [3.8, 4) is 33.8 Å². The van der Waals surface area contributed by atoms with Gasteiger partial charge in [0.2, 0.25) is 0 Å². The molecule has 2 N–H and O–H groups in total. The van der Waals surface area contributed by atoms with Crippen LogP contribution >= 0.6 is 0 Å². The molecule has 0 fully saturated rings. The number of benzene rings is 4. The van der Waals surface area contributed by atoms with E-state index in [0.29, 0.717) is 0 Å². The van der Waals surface area contributed by atoms with E-state index in [-0.39, 0.29) is 0 Å². The Kier molecular flexibility index (Phi) is 3.68. The van der Waals surface area contributed by atoms with Gasteiger partial charge >= 0.3 is 0 Å². The number of hydrogen-bond acceptors (Lipinski definition) is 2. The predicted molar refractivity (Wildman–Crippen MR) is 111 cm³/mol. The second-order valence-electron chi connectivity index (χ2n) is 6.86. The van der Waals surface area contributed by atoms with Gasteiger partial charge in [-0.25, -0.2) is 0 Å². The van der Waals surface area contributed by atoms with Crippen LogP contribution < -0.4 is 10.5 Å². The lowest BCUT2D eigenvalue weighted by atomic mass is 9.95. The van der Waals surface area contributed by atoms with Crippen LogP contribution in [-0.4, -0.2) is 0 Å². The fourth-order valence-electron chi connectivity index (χ4n) is 3.83. The molecule has 2 heteroatoms. The first-order valence-corrected chi connectivity index (χ1v) is 9.12. The topological polar surface area (TPSA) is 35.2 Å². The minimum Gasteiger partial charge on any atom is -0.457 e. The van der Waals surface area contributed by atoms with Crippen molar-refractivity contribution in [1.29, 1.82) is 0 Å². The van der Waals surface area contributed by atoms with E-state index in [0.717, 1.165) is 23.6 Å². The van der Waals surface area contributed by atoms with Gasteiger partial charge in [-0.15, -0.1) is 0 Å². The molecule has 0 saturated heterocycles. The molecule has 4 aromatic rings. The molecule has 2 nitrogen and oxygen atoms in total. The zero-order chi connectivity index (χ0) is 18.2. The van der Waals surface area contributed by atoms with Crippen LogP contribution in [0.1, 0.15) is 11.1 Å². The van der Waals surface area contributed by atoms with Gasteiger partial charge in [-0.3, -0.25) is 0 Å². The molecule has 27 heavy (non-hydrogen) atoms. The van der Waals surface area contributed by atoms with Crippen LogP contribution in [0.3, 0.4) is 0 Å². The number of anilines is 1. The number of ether oxygens (including phenoxy) is 1. The maximum Gasteiger partial charge on any atom is 0.128 e. The Morgan fingerprint density at radius 2 is 1.37 bits per heavy atom. The van der Waals surface area contributed by atoms with E-state index in [1.807, 2.05) is 36.4 Å². The van der Waals surface area contributed by atoms with Crippen LogP contribution in [0, 0.1) is 0 Å². The summed E-state index contributed by atoms with van der Waals surface area (Å²) in [7, 11) is 0. The smallest absolute Gasteiger partial charge is 0.128 e. The summed E-state index contributed by atoms with van der Waals surface area (Å²) in [4.78, 5) is 0. The Hall–Kier alpha value is -3.52. The highest BCUT2D eigenvalue weighted by atomic mass is 16.5. The van der Waals surface area contributed by atoms with Gasteiger partial charge in [-0.05, 0) is 76.2 Å². The largest absolute Gasteiger partial charge is 0.457 e. The first-order valence-electron chi connectivity index (χ1n) is 9.12. The number of rotatable bonds is 3. The number of nitrogen functional groups attached to an aromatic ring is 1. The molecule has 5 rings (SSSR count). The predicted octanol–water partition coefficient (Wildman–Crippen LogP) is 6.30. The SMILES string of the molecule is Nc1ccc(Oc2cccc(-c3cccc4c3Cc3ccccc3-4)c2)cc1. The summed E-state index contributed by atoms with van der Waals surface area (Å²) in [5.74, 6) is 1.61. The highest BCUT2D eigenvalue weighted by molar-refractivity contribution is 5.85. The summed E-state index contributed by atoms with van der Waals surface area (Å²) < 4.78 is 6.02. The van der Waals surface area contributed by atoms with Crippen LogP contribution in [0.15, 0.2) is 91.0 Å². The summed E-state index contributed by atoms with van der Waals surface area (Å²) in [5, 5.41) is 0. The normalized spacial score (nSPS) is 11.7. The molecule has 1 aliphatic carbocycles. The molecule has 1 aliphatic rings. The van der Waals surface area contributed by atoms with Crippen LogP contribution in [0.4, 0.5) is 5.69 Å². The van der Waals surface area contributed by atoms with Crippen molar-refractivity contribution in [1.82, 2.24) is 0 Å². The van der Waals surface area contributed by atoms with Gasteiger partial charge in [0.05, 0.1) is 0 Å². The van der Waals surface area contributed by atoms with Crippen molar-refractivity contribution in [2.24, 2.45) is 0 Å². The Morgan fingerprint density at radius 3 is 2.26 bits per heavy atom. The van der Waals surface area contributed by atoms with Crippen molar-refractivity contribution < 1.29 is 4.74 Å². The van der Waals surface area contributed by atoms with Gasteiger partial charge in [0, 0.05) is 5.69 Å². The van der Waals surface area contributed by atoms with Crippen LogP contribution in [-0.2, 0) is 6.42 Å². The lowest BCUT2D eigenvalue weighted by Gasteiger charge is -2.11. The molecule has 0 bridgehead atoms. The summed E-state index contributed by atoms with van der Waals surface area (Å²) >= 11 is 0. The lowest BCUT2D eigenvalue weighted by molar-refractivity contribution is 0.483. The molecular weight excluding hydrogens is 330 g/mol. The molecule has 0 aromatic heterocycles. The molecular formula is C25H19NO. The van der Waals surface area contributed by atoms with Crippen LogP contribution in [0.5, 0.6) is 11.5 Å². The molecule has 130 valence electrons. The van der Waals surface area contributed by atoms with Gasteiger partial charge < -0.3 is 10.5 Å². The molecule has 4 aromatic carbocycles. The van der Waals surface area contributed by atoms with E-state index >= 15 is 0 Å². The average molecular weight is 349 g/mol. The zero-order valence-electron chi connectivity index (χ0n) is 14.9. The van der Waals surface area contributed by atoms with Gasteiger partial charge in [0.1, 0.15) is 11.5 Å². The van der Waals surface area contributed by atoms with Gasteiger partial charge in [-0.1, -0.05) is 54.6 Å². The van der Waals surface area contributed by atoms with Crippen molar-refractivity contribution in [3.05, 3.63) is 102 Å². The fourth-order valence-corrected chi connectivity index (χ4v) is 3.83. The zero-order valence-corrected chi connectivity index (χ0v) is 14.9. The fraction of sp³-hybridized carbons (Fsp3) is 0.0400. The molecule has 0 saturated carbocycles. The molecule has 0 aliphatic heterocycles. The van der Waals surface area contributed by atoms with Crippen molar-refractivity contribution in [3.63, 3.8) is 0 Å². The third kappa shape index (κ3) is 2.85. The molecule has 0 amide bonds. The second-order valence-corrected chi connectivity index (χ2v) is 6.86. The van der Waals surface area contributed by atoms with Gasteiger partial charge in [0.25, 0.3) is 0 Å². The summed E-state index contributed by atoms with van der Waals surface area (Å²) in [5.41, 5.74) is 14.4. The van der Waals surface area contributed by atoms with Gasteiger partial charge in [-0.2, -0.15) is 0 Å². The lowest BCUT2D eigenvalue weighted by Crippen LogP contribution is -1.90. The third-order valence-corrected chi connectivity index (χ3v) is 5.11. The quantitative estimate of drug-likeness (QED) is 0.388. The number of hydrogen-bond donors (Lipinski definition) is 1. The Morgan fingerprint density at radius 1 is 0.630 bits per heavy atom. The molecule has 0 heterocycles. The minimum atomic E-state index is 0.732. The van der Waals surface area contributed by atoms with Crippen LogP contribution in [0.25, 0.3) is 22.3 Å². The highest BCUT2D eigenvalue weighted by Gasteiger charge is 2.21. The van der Waals surface area contributed by atoms with Crippen molar-refractivity contribution in [2.75, 3.05) is 5.73 Å². The van der Waals surface area contributed by atoms with Gasteiger partial charge in [0.15, 0.2) is 0 Å². The molecule has 0 spiro atoms. The average Bonchev–Trinajstić information content (AvgIpc) is 3.09.